The van der Waals surface area contributed by atoms with E-state index in [0.29, 0.717) is 52.4 Å². The predicted molar refractivity (Wildman–Crippen MR) is 108 cm³/mol. The van der Waals surface area contributed by atoms with Crippen LogP contribution in [0.1, 0.15) is 6.42 Å². The molecule has 1 N–H and O–H groups in total. The number of piperazine rings is 1. The van der Waals surface area contributed by atoms with Gasteiger partial charge in [0.1, 0.15) is 0 Å². The normalized spacial score (nSPS) is 20.1. The third-order valence-corrected chi connectivity index (χ3v) is 5.54. The van der Waals surface area contributed by atoms with Crippen LogP contribution in [-0.2, 0) is 21.4 Å². The zero-order valence-electron chi connectivity index (χ0n) is 17.2. The van der Waals surface area contributed by atoms with Crippen LogP contribution in [0.4, 0.5) is 5.69 Å². The molecule has 1 aromatic heterocycles. The van der Waals surface area contributed by atoms with E-state index in [2.05, 4.69) is 20.2 Å². The summed E-state index contributed by atoms with van der Waals surface area (Å²) in [6, 6.07) is 1.57. The number of ether oxygens (including phenoxy) is 1. The molecule has 1 atom stereocenters. The number of aryl methyl sites for hydroxylation is 1. The summed E-state index contributed by atoms with van der Waals surface area (Å²) in [7, 11) is 3.22. The zero-order chi connectivity index (χ0) is 20.8. The topological polar surface area (TPSA) is 100 Å². The first-order valence-corrected chi connectivity index (χ1v) is 10.0. The Morgan fingerprint density at radius 1 is 1.24 bits per heavy atom. The first-order valence-electron chi connectivity index (χ1n) is 10.0. The van der Waals surface area contributed by atoms with E-state index < -0.39 is 0 Å². The second-order valence-electron chi connectivity index (χ2n) is 7.55. The molecule has 3 rings (SSSR count). The van der Waals surface area contributed by atoms with Gasteiger partial charge in [-0.25, -0.2) is 4.68 Å². The fourth-order valence-corrected chi connectivity index (χ4v) is 3.77. The van der Waals surface area contributed by atoms with Gasteiger partial charge < -0.3 is 19.9 Å². The first kappa shape index (κ1) is 21.3. The number of anilines is 1. The number of hydrogen-bond donors (Lipinski definition) is 1. The van der Waals surface area contributed by atoms with Crippen LogP contribution < -0.4 is 15.8 Å². The Bertz CT molecular complexity index is 774. The summed E-state index contributed by atoms with van der Waals surface area (Å²) in [6.45, 7) is 5.36. The molecule has 3 heterocycles. The molecule has 2 saturated heterocycles. The van der Waals surface area contributed by atoms with Gasteiger partial charge in [0.2, 0.25) is 11.8 Å². The van der Waals surface area contributed by atoms with Crippen LogP contribution in [0, 0.1) is 5.92 Å². The second kappa shape index (κ2) is 9.84. The van der Waals surface area contributed by atoms with E-state index >= 15 is 0 Å². The number of carbonyl (C=O) groups excluding carboxylic acids is 2. The Balaban J connectivity index is 1.44. The molecule has 0 radical (unpaired) electrons. The Morgan fingerprint density at radius 3 is 2.69 bits per heavy atom. The molecule has 2 fully saturated rings. The highest BCUT2D eigenvalue weighted by molar-refractivity contribution is 5.80. The molecule has 10 heteroatoms. The van der Waals surface area contributed by atoms with E-state index in [9.17, 15) is 14.4 Å². The van der Waals surface area contributed by atoms with Gasteiger partial charge in [0.15, 0.2) is 0 Å². The van der Waals surface area contributed by atoms with Gasteiger partial charge in [0, 0.05) is 66.0 Å². The molecule has 1 unspecified atom stereocenters. The van der Waals surface area contributed by atoms with Crippen LogP contribution in [0.2, 0.25) is 0 Å². The Hall–Kier alpha value is -2.46. The molecule has 29 heavy (non-hydrogen) atoms. The molecule has 0 spiro atoms. The molecular formula is C19H30N6O4. The summed E-state index contributed by atoms with van der Waals surface area (Å²) in [5.74, 6) is 0.0762. The number of methoxy groups -OCH3 is 1. The molecule has 0 saturated carbocycles. The largest absolute Gasteiger partial charge is 0.383 e. The van der Waals surface area contributed by atoms with Crippen molar-refractivity contribution >= 4 is 17.5 Å². The van der Waals surface area contributed by atoms with Crippen molar-refractivity contribution in [2.24, 2.45) is 13.0 Å². The van der Waals surface area contributed by atoms with Crippen LogP contribution in [-0.4, -0.2) is 97.5 Å². The van der Waals surface area contributed by atoms with Crippen molar-refractivity contribution in [2.45, 2.75) is 6.42 Å². The molecule has 160 valence electrons. The van der Waals surface area contributed by atoms with Crippen LogP contribution in [0.3, 0.4) is 0 Å². The molecule has 1 aromatic rings. The average molecular weight is 406 g/mol. The van der Waals surface area contributed by atoms with Gasteiger partial charge >= 0.3 is 0 Å². The highest BCUT2D eigenvalue weighted by atomic mass is 16.5. The smallest absolute Gasteiger partial charge is 0.268 e. The van der Waals surface area contributed by atoms with Crippen LogP contribution in [0.5, 0.6) is 0 Å². The molecule has 2 aliphatic rings. The molecule has 0 aromatic carbocycles. The quantitative estimate of drug-likeness (QED) is 0.551. The molecule has 0 aliphatic carbocycles. The van der Waals surface area contributed by atoms with Crippen LogP contribution in [0.15, 0.2) is 17.1 Å². The van der Waals surface area contributed by atoms with Crippen molar-refractivity contribution in [3.63, 3.8) is 0 Å². The summed E-state index contributed by atoms with van der Waals surface area (Å²) in [5, 5.41) is 6.88. The summed E-state index contributed by atoms with van der Waals surface area (Å²) in [4.78, 5) is 42.6. The van der Waals surface area contributed by atoms with Crippen LogP contribution >= 0.6 is 0 Å². The van der Waals surface area contributed by atoms with E-state index in [1.165, 1.54) is 4.68 Å². The summed E-state index contributed by atoms with van der Waals surface area (Å²) in [5.41, 5.74) is 0.618. The van der Waals surface area contributed by atoms with Crippen molar-refractivity contribution < 1.29 is 14.3 Å². The van der Waals surface area contributed by atoms with Gasteiger partial charge in [-0.1, -0.05) is 0 Å². The lowest BCUT2D eigenvalue weighted by atomic mass is 10.1. The number of carbonyl (C=O) groups is 2. The second-order valence-corrected chi connectivity index (χ2v) is 7.55. The number of aromatic nitrogens is 2. The highest BCUT2D eigenvalue weighted by Gasteiger charge is 2.33. The molecule has 10 nitrogen and oxygen atoms in total. The summed E-state index contributed by atoms with van der Waals surface area (Å²) >= 11 is 0. The first-order chi connectivity index (χ1) is 14.0. The van der Waals surface area contributed by atoms with Crippen molar-refractivity contribution in [3.05, 3.63) is 22.6 Å². The van der Waals surface area contributed by atoms with Gasteiger partial charge in [0.05, 0.1) is 31.0 Å². The minimum Gasteiger partial charge on any atom is -0.383 e. The lowest BCUT2D eigenvalue weighted by molar-refractivity contribution is -0.136. The Morgan fingerprint density at radius 2 is 2.00 bits per heavy atom. The van der Waals surface area contributed by atoms with E-state index in [-0.39, 0.29) is 23.3 Å². The van der Waals surface area contributed by atoms with Crippen molar-refractivity contribution in [1.82, 2.24) is 24.9 Å². The number of nitrogens with one attached hydrogen (secondary N) is 1. The molecule has 0 bridgehead atoms. The van der Waals surface area contributed by atoms with Gasteiger partial charge in [-0.2, -0.15) is 5.10 Å². The highest BCUT2D eigenvalue weighted by Crippen LogP contribution is 2.24. The molecular weight excluding hydrogens is 376 g/mol. The van der Waals surface area contributed by atoms with Crippen molar-refractivity contribution in [2.75, 3.05) is 71.0 Å². The van der Waals surface area contributed by atoms with E-state index in [0.717, 1.165) is 18.7 Å². The summed E-state index contributed by atoms with van der Waals surface area (Å²) < 4.78 is 6.21. The van der Waals surface area contributed by atoms with E-state index in [1.807, 2.05) is 4.90 Å². The van der Waals surface area contributed by atoms with Crippen molar-refractivity contribution in [3.8, 4) is 0 Å². The van der Waals surface area contributed by atoms with Gasteiger partial charge in [0.25, 0.3) is 5.56 Å². The average Bonchev–Trinajstić information content (AvgIpc) is 3.20. The number of rotatable bonds is 7. The zero-order valence-corrected chi connectivity index (χ0v) is 17.2. The lowest BCUT2D eigenvalue weighted by Gasteiger charge is -2.35. The van der Waals surface area contributed by atoms with Crippen LogP contribution in [0.25, 0.3) is 0 Å². The van der Waals surface area contributed by atoms with Gasteiger partial charge in [-0.15, -0.1) is 0 Å². The Kier molecular flexibility index (Phi) is 7.21. The predicted octanol–water partition coefficient (Wildman–Crippen LogP) is -1.49. The van der Waals surface area contributed by atoms with Crippen molar-refractivity contribution in [1.29, 1.82) is 0 Å². The number of hydrogen-bond acceptors (Lipinski definition) is 7. The Labute approximate surface area is 170 Å². The maximum absolute atomic E-state index is 12.9. The minimum atomic E-state index is -0.153. The molecule has 2 amide bonds. The van der Waals surface area contributed by atoms with E-state index in [1.54, 1.807) is 26.4 Å². The van der Waals surface area contributed by atoms with Gasteiger partial charge in [-0.3, -0.25) is 19.3 Å². The molecule has 2 aliphatic heterocycles. The SMILES string of the molecule is COCCNC(=O)CN1CCN(C(=O)C2CCN(c3cnn(C)c(=O)c3)C2)CC1. The monoisotopic (exact) mass is 406 g/mol. The van der Waals surface area contributed by atoms with E-state index in [4.69, 9.17) is 4.74 Å². The van der Waals surface area contributed by atoms with Gasteiger partial charge in [-0.05, 0) is 6.42 Å². The number of amides is 2. The maximum atomic E-state index is 12.9. The standard InChI is InChI=1S/C19H30N6O4/c1-22-18(27)11-16(12-21-22)25-5-3-15(13-25)19(28)24-8-6-23(7-9-24)14-17(26)20-4-10-29-2/h11-12,15H,3-10,13-14H2,1-2H3,(H,20,26). The summed E-state index contributed by atoms with van der Waals surface area (Å²) in [6.07, 6.45) is 2.45. The fraction of sp³-hybridized carbons (Fsp3) is 0.684. The minimum absolute atomic E-state index is 0.0177. The third-order valence-electron chi connectivity index (χ3n) is 5.54. The lowest BCUT2D eigenvalue weighted by Crippen LogP contribution is -2.52. The maximum Gasteiger partial charge on any atom is 0.268 e. The number of nitrogens with zero attached hydrogens (tertiary/aromatic N) is 5. The third kappa shape index (κ3) is 5.54. The fourth-order valence-electron chi connectivity index (χ4n) is 3.77.